The van der Waals surface area contributed by atoms with Gasteiger partial charge in [-0.1, -0.05) is 13.0 Å². The Hall–Kier alpha value is -1.09. The molecule has 1 fully saturated rings. The topological polar surface area (TPSA) is 21.3 Å². The molecule has 2 rings (SSSR count). The highest BCUT2D eigenvalue weighted by molar-refractivity contribution is 5.32. The third kappa shape index (κ3) is 4.20. The minimum Gasteiger partial charge on any atom is -0.490 e. The standard InChI is InChI=1S/C16H24FNO/c1-3-9-18-14-5-4-6-15(11-14)19-16-10-13(17)8-7-12(16)2/h7-8,10,14-15,18H,3-6,9,11H2,1-2H3. The van der Waals surface area contributed by atoms with Crippen molar-refractivity contribution in [3.05, 3.63) is 29.6 Å². The molecule has 1 aromatic rings. The summed E-state index contributed by atoms with van der Waals surface area (Å²) in [5, 5.41) is 3.56. The Labute approximate surface area is 115 Å². The molecular formula is C16H24FNO. The fourth-order valence-corrected chi connectivity index (χ4v) is 2.67. The molecule has 106 valence electrons. The van der Waals surface area contributed by atoms with Gasteiger partial charge in [0.1, 0.15) is 17.7 Å². The molecule has 1 aliphatic rings. The lowest BCUT2D eigenvalue weighted by Gasteiger charge is -2.30. The van der Waals surface area contributed by atoms with E-state index in [2.05, 4.69) is 12.2 Å². The van der Waals surface area contributed by atoms with Gasteiger partial charge in [0.25, 0.3) is 0 Å². The summed E-state index contributed by atoms with van der Waals surface area (Å²) in [6.45, 7) is 5.21. The largest absolute Gasteiger partial charge is 0.490 e. The molecule has 0 spiro atoms. The van der Waals surface area contributed by atoms with E-state index in [1.165, 1.54) is 25.0 Å². The Morgan fingerprint density at radius 2 is 2.21 bits per heavy atom. The van der Waals surface area contributed by atoms with Crippen molar-refractivity contribution >= 4 is 0 Å². The number of halogens is 1. The number of ether oxygens (including phenoxy) is 1. The van der Waals surface area contributed by atoms with Crippen LogP contribution in [0.2, 0.25) is 0 Å². The third-order valence-electron chi connectivity index (χ3n) is 3.75. The number of rotatable bonds is 5. The van der Waals surface area contributed by atoms with Gasteiger partial charge in [0.2, 0.25) is 0 Å². The van der Waals surface area contributed by atoms with Crippen LogP contribution in [0.1, 0.15) is 44.6 Å². The van der Waals surface area contributed by atoms with Gasteiger partial charge in [-0.25, -0.2) is 4.39 Å². The van der Waals surface area contributed by atoms with Crippen LogP contribution in [0.5, 0.6) is 5.75 Å². The van der Waals surface area contributed by atoms with Crippen LogP contribution in [-0.2, 0) is 0 Å². The number of hydrogen-bond donors (Lipinski definition) is 1. The molecule has 0 heterocycles. The van der Waals surface area contributed by atoms with Crippen LogP contribution < -0.4 is 10.1 Å². The summed E-state index contributed by atoms with van der Waals surface area (Å²) in [6, 6.07) is 5.31. The molecule has 0 bridgehead atoms. The second kappa shape index (κ2) is 6.90. The van der Waals surface area contributed by atoms with Crippen LogP contribution in [0.3, 0.4) is 0 Å². The molecule has 3 heteroatoms. The van der Waals surface area contributed by atoms with E-state index in [-0.39, 0.29) is 11.9 Å². The van der Waals surface area contributed by atoms with Crippen LogP contribution in [0.25, 0.3) is 0 Å². The van der Waals surface area contributed by atoms with Crippen LogP contribution in [0.4, 0.5) is 4.39 Å². The van der Waals surface area contributed by atoms with Crippen LogP contribution in [0.15, 0.2) is 18.2 Å². The van der Waals surface area contributed by atoms with E-state index in [0.717, 1.165) is 31.4 Å². The van der Waals surface area contributed by atoms with Crippen LogP contribution >= 0.6 is 0 Å². The molecule has 1 aliphatic carbocycles. The van der Waals surface area contributed by atoms with Crippen molar-refractivity contribution in [2.75, 3.05) is 6.54 Å². The maximum Gasteiger partial charge on any atom is 0.126 e. The minimum absolute atomic E-state index is 0.212. The average molecular weight is 265 g/mol. The maximum absolute atomic E-state index is 13.3. The van der Waals surface area contributed by atoms with Gasteiger partial charge in [-0.2, -0.15) is 0 Å². The second-order valence-corrected chi connectivity index (χ2v) is 5.47. The van der Waals surface area contributed by atoms with Gasteiger partial charge in [0, 0.05) is 12.1 Å². The molecule has 2 nitrogen and oxygen atoms in total. The van der Waals surface area contributed by atoms with E-state index in [1.54, 1.807) is 6.07 Å². The zero-order valence-electron chi connectivity index (χ0n) is 11.9. The molecule has 1 aromatic carbocycles. The maximum atomic E-state index is 13.3. The zero-order valence-corrected chi connectivity index (χ0v) is 11.9. The van der Waals surface area contributed by atoms with E-state index < -0.39 is 0 Å². The smallest absolute Gasteiger partial charge is 0.126 e. The highest BCUT2D eigenvalue weighted by Crippen LogP contribution is 2.26. The monoisotopic (exact) mass is 265 g/mol. The van der Waals surface area contributed by atoms with E-state index in [4.69, 9.17) is 4.74 Å². The number of aryl methyl sites for hydroxylation is 1. The fraction of sp³-hybridized carbons (Fsp3) is 0.625. The minimum atomic E-state index is -0.225. The van der Waals surface area contributed by atoms with E-state index in [9.17, 15) is 4.39 Å². The first-order valence-corrected chi connectivity index (χ1v) is 7.35. The highest BCUT2D eigenvalue weighted by atomic mass is 19.1. The van der Waals surface area contributed by atoms with E-state index >= 15 is 0 Å². The molecule has 0 saturated heterocycles. The summed E-state index contributed by atoms with van der Waals surface area (Å²) in [4.78, 5) is 0. The van der Waals surface area contributed by atoms with Crippen LogP contribution in [-0.4, -0.2) is 18.7 Å². The molecule has 0 radical (unpaired) electrons. The van der Waals surface area contributed by atoms with Crippen molar-refractivity contribution < 1.29 is 9.13 Å². The molecule has 1 N–H and O–H groups in total. The summed E-state index contributed by atoms with van der Waals surface area (Å²) in [5.74, 6) is 0.471. The number of benzene rings is 1. The normalized spacial score (nSPS) is 23.3. The molecule has 2 unspecified atom stereocenters. The molecular weight excluding hydrogens is 241 g/mol. The first kappa shape index (κ1) is 14.3. The average Bonchev–Trinajstić information content (AvgIpc) is 2.41. The predicted molar refractivity (Wildman–Crippen MR) is 76.1 cm³/mol. The molecule has 0 aromatic heterocycles. The van der Waals surface area contributed by atoms with E-state index in [1.807, 2.05) is 6.92 Å². The highest BCUT2D eigenvalue weighted by Gasteiger charge is 2.23. The Kier molecular flexibility index (Phi) is 5.20. The number of hydrogen-bond acceptors (Lipinski definition) is 2. The Morgan fingerprint density at radius 1 is 1.37 bits per heavy atom. The van der Waals surface area contributed by atoms with Gasteiger partial charge in [-0.3, -0.25) is 0 Å². The van der Waals surface area contributed by atoms with Crippen molar-refractivity contribution in [3.8, 4) is 5.75 Å². The van der Waals surface area contributed by atoms with Crippen molar-refractivity contribution in [3.63, 3.8) is 0 Å². The molecule has 1 saturated carbocycles. The molecule has 19 heavy (non-hydrogen) atoms. The van der Waals surface area contributed by atoms with E-state index in [0.29, 0.717) is 11.8 Å². The zero-order chi connectivity index (χ0) is 13.7. The lowest BCUT2D eigenvalue weighted by atomic mass is 9.92. The molecule has 2 atom stereocenters. The quantitative estimate of drug-likeness (QED) is 0.873. The van der Waals surface area contributed by atoms with Crippen molar-refractivity contribution in [2.24, 2.45) is 0 Å². The molecule has 0 aliphatic heterocycles. The van der Waals surface area contributed by atoms with Gasteiger partial charge < -0.3 is 10.1 Å². The Morgan fingerprint density at radius 3 is 3.00 bits per heavy atom. The summed E-state index contributed by atoms with van der Waals surface area (Å²) in [7, 11) is 0. The first-order valence-electron chi connectivity index (χ1n) is 7.35. The third-order valence-corrected chi connectivity index (χ3v) is 3.75. The van der Waals surface area contributed by atoms with Crippen molar-refractivity contribution in [2.45, 2.75) is 58.1 Å². The van der Waals surface area contributed by atoms with Gasteiger partial charge in [-0.05, 0) is 57.2 Å². The fourth-order valence-electron chi connectivity index (χ4n) is 2.67. The van der Waals surface area contributed by atoms with Gasteiger partial charge in [0.15, 0.2) is 0 Å². The lowest BCUT2D eigenvalue weighted by molar-refractivity contribution is 0.133. The summed E-state index contributed by atoms with van der Waals surface area (Å²) < 4.78 is 19.2. The Bertz CT molecular complexity index is 408. The van der Waals surface area contributed by atoms with Crippen molar-refractivity contribution in [1.29, 1.82) is 0 Å². The van der Waals surface area contributed by atoms with Gasteiger partial charge in [-0.15, -0.1) is 0 Å². The predicted octanol–water partition coefficient (Wildman–Crippen LogP) is 3.82. The SMILES string of the molecule is CCCNC1CCCC(Oc2cc(F)ccc2C)C1. The van der Waals surface area contributed by atoms with Gasteiger partial charge in [0.05, 0.1) is 0 Å². The summed E-state index contributed by atoms with van der Waals surface area (Å²) in [5.41, 5.74) is 1.00. The summed E-state index contributed by atoms with van der Waals surface area (Å²) in [6.07, 6.45) is 5.87. The first-order chi connectivity index (χ1) is 9.19. The molecule has 0 amide bonds. The second-order valence-electron chi connectivity index (χ2n) is 5.47. The van der Waals surface area contributed by atoms with Crippen molar-refractivity contribution in [1.82, 2.24) is 5.32 Å². The lowest BCUT2D eigenvalue weighted by Crippen LogP contribution is -2.38. The number of nitrogens with one attached hydrogen (secondary N) is 1. The summed E-state index contributed by atoms with van der Waals surface area (Å²) >= 11 is 0. The Balaban J connectivity index is 1.93. The van der Waals surface area contributed by atoms with Gasteiger partial charge >= 0.3 is 0 Å². The van der Waals surface area contributed by atoms with Crippen LogP contribution in [0, 0.1) is 12.7 Å².